The Morgan fingerprint density at radius 3 is 2.16 bits per heavy atom. The molecule has 2 amide bonds. The number of para-hydroxylation sites is 1. The highest BCUT2D eigenvalue weighted by Gasteiger charge is 2.16. The Bertz CT molecular complexity index is 1070. The molecule has 3 rings (SSSR count). The van der Waals surface area contributed by atoms with E-state index < -0.39 is 0 Å². The number of rotatable bonds is 7. The van der Waals surface area contributed by atoms with Crippen molar-refractivity contribution in [3.05, 3.63) is 87.4 Å². The van der Waals surface area contributed by atoms with Crippen LogP contribution >= 0.6 is 34.8 Å². The van der Waals surface area contributed by atoms with Crippen molar-refractivity contribution in [3.8, 4) is 0 Å². The van der Waals surface area contributed by atoms with Crippen LogP contribution in [0.3, 0.4) is 0 Å². The molecule has 160 valence electrons. The average molecular weight is 477 g/mol. The van der Waals surface area contributed by atoms with E-state index in [2.05, 4.69) is 10.6 Å². The van der Waals surface area contributed by atoms with Crippen molar-refractivity contribution in [1.82, 2.24) is 0 Å². The summed E-state index contributed by atoms with van der Waals surface area (Å²) in [6.07, 6.45) is 0. The normalized spacial score (nSPS) is 10.5. The van der Waals surface area contributed by atoms with Crippen molar-refractivity contribution in [2.75, 3.05) is 28.6 Å². The van der Waals surface area contributed by atoms with Gasteiger partial charge in [0.25, 0.3) is 5.91 Å². The first-order valence-electron chi connectivity index (χ1n) is 9.54. The molecule has 31 heavy (non-hydrogen) atoms. The third kappa shape index (κ3) is 5.91. The van der Waals surface area contributed by atoms with Gasteiger partial charge in [0.1, 0.15) is 0 Å². The van der Waals surface area contributed by atoms with Crippen LogP contribution in [-0.2, 0) is 4.79 Å². The summed E-state index contributed by atoms with van der Waals surface area (Å²) >= 11 is 18.0. The van der Waals surface area contributed by atoms with Crippen LogP contribution in [0.4, 0.5) is 17.1 Å². The monoisotopic (exact) mass is 475 g/mol. The summed E-state index contributed by atoms with van der Waals surface area (Å²) in [6, 6.07) is 19.3. The molecule has 0 aliphatic carbocycles. The predicted octanol–water partition coefficient (Wildman–Crippen LogP) is 6.36. The molecule has 5 nitrogen and oxygen atoms in total. The zero-order valence-corrected chi connectivity index (χ0v) is 18.9. The molecule has 0 aliphatic rings. The fraction of sp³-hybridized carbons (Fsp3) is 0.130. The van der Waals surface area contributed by atoms with E-state index in [9.17, 15) is 9.59 Å². The lowest BCUT2D eigenvalue weighted by Crippen LogP contribution is -2.30. The third-order valence-electron chi connectivity index (χ3n) is 4.49. The van der Waals surface area contributed by atoms with Gasteiger partial charge in [0, 0.05) is 23.5 Å². The number of carbonyl (C=O) groups is 2. The minimum absolute atomic E-state index is 0.0179. The van der Waals surface area contributed by atoms with E-state index in [1.54, 1.807) is 35.2 Å². The second-order valence-corrected chi connectivity index (χ2v) is 7.83. The highest BCUT2D eigenvalue weighted by molar-refractivity contribution is 6.44. The molecule has 3 aromatic rings. The van der Waals surface area contributed by atoms with Crippen molar-refractivity contribution in [2.24, 2.45) is 0 Å². The number of hydrogen-bond acceptors (Lipinski definition) is 3. The second-order valence-electron chi connectivity index (χ2n) is 6.61. The predicted molar refractivity (Wildman–Crippen MR) is 129 cm³/mol. The first kappa shape index (κ1) is 22.9. The van der Waals surface area contributed by atoms with Crippen LogP contribution in [0.25, 0.3) is 0 Å². The van der Waals surface area contributed by atoms with E-state index in [-0.39, 0.29) is 18.4 Å². The maximum Gasteiger partial charge on any atom is 0.258 e. The zero-order valence-electron chi connectivity index (χ0n) is 16.7. The molecule has 0 saturated carbocycles. The molecule has 8 heteroatoms. The van der Waals surface area contributed by atoms with Gasteiger partial charge in [-0.15, -0.1) is 0 Å². The van der Waals surface area contributed by atoms with Gasteiger partial charge in [0.2, 0.25) is 5.91 Å². The number of benzene rings is 3. The van der Waals surface area contributed by atoms with E-state index in [0.717, 1.165) is 5.69 Å². The zero-order chi connectivity index (χ0) is 22.4. The van der Waals surface area contributed by atoms with Gasteiger partial charge in [-0.05, 0) is 55.5 Å². The maximum absolute atomic E-state index is 12.8. The molecular formula is C23H20Cl3N3O2. The standard InChI is InChI=1S/C23H20Cl3N3O2/c1-2-29(17-6-4-3-5-7-17)23(31)15-8-10-16(11-9-15)28-22(30)14-27-21-13-19(25)18(24)12-20(21)26/h3-13,27H,2,14H2,1H3,(H,28,30). The Balaban J connectivity index is 1.60. The molecule has 0 spiro atoms. The third-order valence-corrected chi connectivity index (χ3v) is 5.53. The first-order valence-corrected chi connectivity index (χ1v) is 10.7. The quantitative estimate of drug-likeness (QED) is 0.390. The fourth-order valence-electron chi connectivity index (χ4n) is 2.94. The van der Waals surface area contributed by atoms with Gasteiger partial charge in [-0.2, -0.15) is 0 Å². The molecule has 3 aromatic carbocycles. The largest absolute Gasteiger partial charge is 0.375 e. The Morgan fingerprint density at radius 1 is 0.871 bits per heavy atom. The lowest BCUT2D eigenvalue weighted by atomic mass is 10.1. The van der Waals surface area contributed by atoms with E-state index in [0.29, 0.717) is 38.6 Å². The summed E-state index contributed by atoms with van der Waals surface area (Å²) in [5.41, 5.74) is 2.45. The van der Waals surface area contributed by atoms with Gasteiger partial charge in [-0.25, -0.2) is 0 Å². The number of nitrogens with one attached hydrogen (secondary N) is 2. The molecule has 0 fully saturated rings. The van der Waals surface area contributed by atoms with Crippen molar-refractivity contribution in [2.45, 2.75) is 6.92 Å². The van der Waals surface area contributed by atoms with Gasteiger partial charge in [0.15, 0.2) is 0 Å². The smallest absolute Gasteiger partial charge is 0.258 e. The van der Waals surface area contributed by atoms with Crippen LogP contribution in [0.5, 0.6) is 0 Å². The molecule has 0 saturated heterocycles. The molecule has 0 aliphatic heterocycles. The highest BCUT2D eigenvalue weighted by atomic mass is 35.5. The Hall–Kier alpha value is -2.73. The minimum atomic E-state index is -0.277. The van der Waals surface area contributed by atoms with Crippen LogP contribution in [0.2, 0.25) is 15.1 Å². The lowest BCUT2D eigenvalue weighted by Gasteiger charge is -2.21. The van der Waals surface area contributed by atoms with Crippen molar-refractivity contribution >= 4 is 63.7 Å². The Kier molecular flexibility index (Phi) is 7.80. The summed E-state index contributed by atoms with van der Waals surface area (Å²) in [6.45, 7) is 2.45. The van der Waals surface area contributed by atoms with Crippen LogP contribution in [0, 0.1) is 0 Å². The van der Waals surface area contributed by atoms with E-state index in [4.69, 9.17) is 34.8 Å². The van der Waals surface area contributed by atoms with Crippen LogP contribution < -0.4 is 15.5 Å². The van der Waals surface area contributed by atoms with E-state index in [1.807, 2.05) is 37.3 Å². The van der Waals surface area contributed by atoms with Gasteiger partial charge in [0.05, 0.1) is 27.3 Å². The van der Waals surface area contributed by atoms with Crippen molar-refractivity contribution < 1.29 is 9.59 Å². The maximum atomic E-state index is 12.8. The SMILES string of the molecule is CCN(C(=O)c1ccc(NC(=O)CNc2cc(Cl)c(Cl)cc2Cl)cc1)c1ccccc1. The minimum Gasteiger partial charge on any atom is -0.375 e. The van der Waals surface area contributed by atoms with Crippen molar-refractivity contribution in [1.29, 1.82) is 0 Å². The number of nitrogens with zero attached hydrogens (tertiary/aromatic N) is 1. The average Bonchev–Trinajstić information content (AvgIpc) is 2.77. The van der Waals surface area contributed by atoms with Gasteiger partial charge >= 0.3 is 0 Å². The molecule has 2 N–H and O–H groups in total. The summed E-state index contributed by atoms with van der Waals surface area (Å²) < 4.78 is 0. The molecule has 0 heterocycles. The molecule has 0 unspecified atom stereocenters. The second kappa shape index (κ2) is 10.5. The summed E-state index contributed by atoms with van der Waals surface area (Å²) in [5, 5.41) is 6.74. The molecule has 0 aromatic heterocycles. The first-order chi connectivity index (χ1) is 14.9. The van der Waals surface area contributed by atoms with Gasteiger partial charge in [-0.1, -0.05) is 53.0 Å². The summed E-state index contributed by atoms with van der Waals surface area (Å²) in [7, 11) is 0. The Morgan fingerprint density at radius 2 is 1.52 bits per heavy atom. The molecule has 0 atom stereocenters. The lowest BCUT2D eigenvalue weighted by molar-refractivity contribution is -0.114. The Labute approximate surface area is 195 Å². The van der Waals surface area contributed by atoms with Crippen LogP contribution in [0.1, 0.15) is 17.3 Å². The number of anilines is 3. The summed E-state index contributed by atoms with van der Waals surface area (Å²) in [5.74, 6) is -0.386. The number of hydrogen-bond donors (Lipinski definition) is 2. The summed E-state index contributed by atoms with van der Waals surface area (Å²) in [4.78, 5) is 26.8. The molecular weight excluding hydrogens is 457 g/mol. The van der Waals surface area contributed by atoms with Crippen LogP contribution in [-0.4, -0.2) is 24.9 Å². The van der Waals surface area contributed by atoms with Crippen LogP contribution in [0.15, 0.2) is 66.7 Å². The van der Waals surface area contributed by atoms with Crippen molar-refractivity contribution in [3.63, 3.8) is 0 Å². The van der Waals surface area contributed by atoms with Gasteiger partial charge in [-0.3, -0.25) is 9.59 Å². The number of halogens is 3. The number of amides is 2. The molecule has 0 bridgehead atoms. The van der Waals surface area contributed by atoms with E-state index >= 15 is 0 Å². The highest BCUT2D eigenvalue weighted by Crippen LogP contribution is 2.32. The number of carbonyl (C=O) groups excluding carboxylic acids is 2. The fourth-order valence-corrected chi connectivity index (χ4v) is 3.56. The van der Waals surface area contributed by atoms with E-state index in [1.165, 1.54) is 6.07 Å². The molecule has 0 radical (unpaired) electrons. The van der Waals surface area contributed by atoms with Gasteiger partial charge < -0.3 is 15.5 Å². The topological polar surface area (TPSA) is 61.4 Å².